The number of nitrogens with one attached hydrogen (secondary N) is 1. The molecule has 6 rings (SSSR count). The number of carbonyl (C=O) groups is 1. The summed E-state index contributed by atoms with van der Waals surface area (Å²) in [6.07, 6.45) is 3.40. The molecular formula is C33H25F2N5O3. The average Bonchev–Trinajstić information content (AvgIpc) is 3.34. The predicted octanol–water partition coefficient (Wildman–Crippen LogP) is 6.73. The molecule has 3 aromatic heterocycles. The lowest BCUT2D eigenvalue weighted by atomic mass is 10.0. The van der Waals surface area contributed by atoms with Gasteiger partial charge in [0, 0.05) is 53.0 Å². The van der Waals surface area contributed by atoms with Crippen LogP contribution in [0.25, 0.3) is 27.7 Å². The van der Waals surface area contributed by atoms with Gasteiger partial charge in [0.25, 0.3) is 11.5 Å². The molecule has 0 spiro atoms. The summed E-state index contributed by atoms with van der Waals surface area (Å²) in [5, 5.41) is 7.71. The lowest BCUT2D eigenvalue weighted by molar-refractivity contribution is 0.102. The summed E-state index contributed by atoms with van der Waals surface area (Å²) in [6, 6.07) is 19.9. The van der Waals surface area contributed by atoms with Crippen LogP contribution in [0.1, 0.15) is 21.7 Å². The van der Waals surface area contributed by atoms with Crippen LogP contribution in [0.5, 0.6) is 11.5 Å². The molecule has 0 radical (unpaired) electrons. The Morgan fingerprint density at radius 3 is 2.44 bits per heavy atom. The van der Waals surface area contributed by atoms with Gasteiger partial charge in [0.2, 0.25) is 0 Å². The number of nitrogens with zero attached hydrogens (tertiary/aromatic N) is 4. The number of carbonyl (C=O) groups excluding carboxylic acids is 1. The van der Waals surface area contributed by atoms with Gasteiger partial charge in [-0.2, -0.15) is 5.10 Å². The first-order valence-corrected chi connectivity index (χ1v) is 13.3. The van der Waals surface area contributed by atoms with E-state index in [1.165, 1.54) is 47.0 Å². The Balaban J connectivity index is 1.29. The fourth-order valence-electron chi connectivity index (χ4n) is 4.89. The molecule has 1 N–H and O–H groups in total. The van der Waals surface area contributed by atoms with E-state index in [0.717, 1.165) is 33.8 Å². The second kappa shape index (κ2) is 11.0. The van der Waals surface area contributed by atoms with E-state index in [1.807, 2.05) is 32.2 Å². The van der Waals surface area contributed by atoms with E-state index < -0.39 is 23.1 Å². The molecule has 3 heterocycles. The van der Waals surface area contributed by atoms with Crippen molar-refractivity contribution in [3.05, 3.63) is 130 Å². The van der Waals surface area contributed by atoms with Crippen molar-refractivity contribution in [1.29, 1.82) is 0 Å². The van der Waals surface area contributed by atoms with Crippen molar-refractivity contribution in [1.82, 2.24) is 19.3 Å². The summed E-state index contributed by atoms with van der Waals surface area (Å²) in [5.74, 6) is -1.51. The lowest BCUT2D eigenvalue weighted by Crippen LogP contribution is -2.29. The molecule has 0 atom stereocenters. The highest BCUT2D eigenvalue weighted by molar-refractivity contribution is 6.04. The second-order valence-electron chi connectivity index (χ2n) is 10.1. The lowest BCUT2D eigenvalue weighted by Gasteiger charge is -2.14. The van der Waals surface area contributed by atoms with Crippen molar-refractivity contribution < 1.29 is 18.3 Å². The fourth-order valence-corrected chi connectivity index (χ4v) is 4.89. The highest BCUT2D eigenvalue weighted by atomic mass is 19.1. The largest absolute Gasteiger partial charge is 0.454 e. The molecule has 0 aliphatic carbocycles. The molecule has 0 bridgehead atoms. The maximum absolute atomic E-state index is 15.4. The third-order valence-electron chi connectivity index (χ3n) is 7.07. The van der Waals surface area contributed by atoms with Crippen LogP contribution in [0.15, 0.2) is 96.1 Å². The normalized spacial score (nSPS) is 11.1. The molecule has 0 fully saturated rings. The minimum absolute atomic E-state index is 0.0535. The van der Waals surface area contributed by atoms with Crippen LogP contribution in [0.3, 0.4) is 0 Å². The van der Waals surface area contributed by atoms with Gasteiger partial charge in [0.1, 0.15) is 17.1 Å². The summed E-state index contributed by atoms with van der Waals surface area (Å²) < 4.78 is 37.9. The van der Waals surface area contributed by atoms with Crippen molar-refractivity contribution in [2.45, 2.75) is 13.8 Å². The molecule has 0 aliphatic heterocycles. The molecule has 1 amide bonds. The number of aryl methyl sites for hydroxylation is 3. The maximum Gasteiger partial charge on any atom is 0.268 e. The van der Waals surface area contributed by atoms with E-state index in [9.17, 15) is 14.0 Å². The van der Waals surface area contributed by atoms with Gasteiger partial charge in [-0.05, 0) is 92.2 Å². The number of rotatable bonds is 6. The number of fused-ring (bicyclic) bond motifs is 1. The van der Waals surface area contributed by atoms with Crippen LogP contribution in [-0.2, 0) is 7.05 Å². The third-order valence-corrected chi connectivity index (χ3v) is 7.07. The Morgan fingerprint density at radius 2 is 1.70 bits per heavy atom. The molecule has 10 heteroatoms. The first-order valence-electron chi connectivity index (χ1n) is 13.3. The highest BCUT2D eigenvalue weighted by Crippen LogP contribution is 2.38. The van der Waals surface area contributed by atoms with Crippen LogP contribution >= 0.6 is 0 Å². The summed E-state index contributed by atoms with van der Waals surface area (Å²) in [5.41, 5.74) is 3.64. The van der Waals surface area contributed by atoms with E-state index in [1.54, 1.807) is 36.1 Å². The second-order valence-corrected chi connectivity index (χ2v) is 10.1. The van der Waals surface area contributed by atoms with Gasteiger partial charge in [-0.25, -0.2) is 8.78 Å². The molecule has 214 valence electrons. The minimum atomic E-state index is -0.716. The summed E-state index contributed by atoms with van der Waals surface area (Å²) >= 11 is 0. The van der Waals surface area contributed by atoms with Crippen LogP contribution in [-0.4, -0.2) is 25.2 Å². The minimum Gasteiger partial charge on any atom is -0.454 e. The van der Waals surface area contributed by atoms with E-state index in [2.05, 4.69) is 15.4 Å². The number of pyridine rings is 2. The topological polar surface area (TPSA) is 91.0 Å². The van der Waals surface area contributed by atoms with Gasteiger partial charge in [-0.1, -0.05) is 0 Å². The SMILES string of the molecule is Cc1cc(-c2cc3c(cnn3C)cc2Oc2ccc(NC(=O)c3ccc(C)n(-c4ccc(F)cc4)c3=O)cc2F)ccn1. The van der Waals surface area contributed by atoms with Crippen LogP contribution in [0.2, 0.25) is 0 Å². The summed E-state index contributed by atoms with van der Waals surface area (Å²) in [6.45, 7) is 3.59. The van der Waals surface area contributed by atoms with Gasteiger partial charge in [0.15, 0.2) is 11.6 Å². The molecule has 43 heavy (non-hydrogen) atoms. The smallest absolute Gasteiger partial charge is 0.268 e. The zero-order chi connectivity index (χ0) is 30.2. The van der Waals surface area contributed by atoms with Crippen molar-refractivity contribution in [3.63, 3.8) is 0 Å². The van der Waals surface area contributed by atoms with Gasteiger partial charge in [-0.3, -0.25) is 23.8 Å². The van der Waals surface area contributed by atoms with Gasteiger partial charge in [-0.15, -0.1) is 0 Å². The van der Waals surface area contributed by atoms with Crippen LogP contribution in [0, 0.1) is 25.5 Å². The van der Waals surface area contributed by atoms with Crippen LogP contribution in [0.4, 0.5) is 14.5 Å². The van der Waals surface area contributed by atoms with E-state index in [-0.39, 0.29) is 17.0 Å². The van der Waals surface area contributed by atoms with Gasteiger partial charge >= 0.3 is 0 Å². The molecule has 0 saturated heterocycles. The predicted molar refractivity (Wildman–Crippen MR) is 160 cm³/mol. The Hall–Kier alpha value is -5.64. The molecule has 8 nitrogen and oxygen atoms in total. The zero-order valence-corrected chi connectivity index (χ0v) is 23.4. The number of amides is 1. The zero-order valence-electron chi connectivity index (χ0n) is 23.4. The van der Waals surface area contributed by atoms with Crippen molar-refractivity contribution in [3.8, 4) is 28.3 Å². The van der Waals surface area contributed by atoms with Crippen molar-refractivity contribution in [2.75, 3.05) is 5.32 Å². The number of hydrogen-bond acceptors (Lipinski definition) is 5. The molecule has 0 saturated carbocycles. The van der Waals surface area contributed by atoms with E-state index in [4.69, 9.17) is 4.74 Å². The third kappa shape index (κ3) is 5.38. The first kappa shape index (κ1) is 27.5. The van der Waals surface area contributed by atoms with Crippen LogP contribution < -0.4 is 15.6 Å². The maximum atomic E-state index is 15.4. The number of aromatic nitrogens is 4. The number of ether oxygens (including phenoxy) is 1. The van der Waals surface area contributed by atoms with Gasteiger partial charge in [0.05, 0.1) is 11.7 Å². The number of anilines is 1. The Labute approximate surface area is 244 Å². The summed E-state index contributed by atoms with van der Waals surface area (Å²) in [4.78, 5) is 30.5. The molecule has 0 aliphatic rings. The average molecular weight is 578 g/mol. The Kier molecular flexibility index (Phi) is 7.03. The summed E-state index contributed by atoms with van der Waals surface area (Å²) in [7, 11) is 1.84. The quantitative estimate of drug-likeness (QED) is 0.237. The number of hydrogen-bond donors (Lipinski definition) is 1. The Bertz CT molecular complexity index is 2080. The standard InChI is InChI=1S/C33H25F2N5O3/c1-19-14-21(12-13-36-19)27-17-29-22(18-37-39(29)3)15-31(27)43-30-11-7-24(16-28(30)35)38-32(41)26-10-4-20(2)40(33(26)42)25-8-5-23(34)6-9-25/h4-18H,1-3H3,(H,38,41). The molecule has 3 aromatic carbocycles. The number of benzene rings is 3. The van der Waals surface area contributed by atoms with E-state index >= 15 is 4.39 Å². The first-order chi connectivity index (χ1) is 20.7. The van der Waals surface area contributed by atoms with Crippen molar-refractivity contribution >= 4 is 22.5 Å². The molecule has 0 unspecified atom stereocenters. The Morgan fingerprint density at radius 1 is 0.907 bits per heavy atom. The van der Waals surface area contributed by atoms with Crippen molar-refractivity contribution in [2.24, 2.45) is 7.05 Å². The van der Waals surface area contributed by atoms with E-state index in [0.29, 0.717) is 17.1 Å². The molecular weight excluding hydrogens is 552 g/mol. The molecule has 6 aromatic rings. The van der Waals surface area contributed by atoms with Gasteiger partial charge < -0.3 is 10.1 Å². The highest BCUT2D eigenvalue weighted by Gasteiger charge is 2.18. The fraction of sp³-hybridized carbons (Fsp3) is 0.0909. The number of halogens is 2. The monoisotopic (exact) mass is 577 g/mol.